The van der Waals surface area contributed by atoms with E-state index in [1.165, 1.54) is 6.92 Å². The minimum Gasteiger partial charge on any atom is -0.457 e. The van der Waals surface area contributed by atoms with Crippen molar-refractivity contribution in [3.63, 3.8) is 0 Å². The number of para-hydroxylation sites is 1. The van der Waals surface area contributed by atoms with Gasteiger partial charge in [0.15, 0.2) is 0 Å². The van der Waals surface area contributed by atoms with Crippen molar-refractivity contribution in [1.29, 1.82) is 0 Å². The minimum absolute atomic E-state index is 0.197. The number of anilines is 2. The number of aryl methyl sites for hydroxylation is 1. The molecule has 27 heavy (non-hydrogen) atoms. The lowest BCUT2D eigenvalue weighted by Gasteiger charge is -2.13. The highest BCUT2D eigenvalue weighted by molar-refractivity contribution is 6.07. The number of rotatable bonds is 5. The molecule has 0 fully saturated rings. The summed E-state index contributed by atoms with van der Waals surface area (Å²) in [5, 5.41) is 5.57. The van der Waals surface area contributed by atoms with Crippen LogP contribution in [0.5, 0.6) is 11.5 Å². The van der Waals surface area contributed by atoms with E-state index in [9.17, 15) is 9.59 Å². The van der Waals surface area contributed by atoms with Crippen molar-refractivity contribution < 1.29 is 14.3 Å². The van der Waals surface area contributed by atoms with Crippen LogP contribution in [0.3, 0.4) is 0 Å². The number of hydrogen-bond acceptors (Lipinski definition) is 3. The third kappa shape index (κ3) is 4.95. The Morgan fingerprint density at radius 3 is 2.11 bits per heavy atom. The molecule has 0 bridgehead atoms. The van der Waals surface area contributed by atoms with Gasteiger partial charge in [-0.2, -0.15) is 0 Å². The smallest absolute Gasteiger partial charge is 0.255 e. The number of carbonyl (C=O) groups is 2. The average Bonchev–Trinajstić information content (AvgIpc) is 2.65. The van der Waals surface area contributed by atoms with E-state index >= 15 is 0 Å². The van der Waals surface area contributed by atoms with E-state index in [-0.39, 0.29) is 11.8 Å². The Kier molecular flexibility index (Phi) is 5.52. The Labute approximate surface area is 158 Å². The van der Waals surface area contributed by atoms with E-state index < -0.39 is 0 Å². The summed E-state index contributed by atoms with van der Waals surface area (Å²) < 4.78 is 5.73. The van der Waals surface area contributed by atoms with Crippen LogP contribution in [0.25, 0.3) is 0 Å². The zero-order chi connectivity index (χ0) is 19.2. The van der Waals surface area contributed by atoms with Gasteiger partial charge in [0.05, 0.1) is 11.4 Å². The van der Waals surface area contributed by atoms with Crippen molar-refractivity contribution in [1.82, 2.24) is 0 Å². The second kappa shape index (κ2) is 8.19. The second-order valence-electron chi connectivity index (χ2n) is 6.12. The van der Waals surface area contributed by atoms with E-state index in [1.54, 1.807) is 30.3 Å². The lowest BCUT2D eigenvalue weighted by atomic mass is 10.1. The van der Waals surface area contributed by atoms with Crippen LogP contribution in [-0.2, 0) is 4.79 Å². The van der Waals surface area contributed by atoms with Crippen molar-refractivity contribution in [2.45, 2.75) is 13.8 Å². The summed E-state index contributed by atoms with van der Waals surface area (Å²) in [5.41, 5.74) is 2.59. The lowest BCUT2D eigenvalue weighted by Crippen LogP contribution is -2.15. The van der Waals surface area contributed by atoms with Gasteiger partial charge in [0.2, 0.25) is 5.91 Å². The molecule has 0 aliphatic heterocycles. The van der Waals surface area contributed by atoms with Gasteiger partial charge in [-0.25, -0.2) is 0 Å². The molecule has 3 aromatic carbocycles. The van der Waals surface area contributed by atoms with E-state index in [2.05, 4.69) is 10.6 Å². The number of benzene rings is 3. The molecule has 0 spiro atoms. The van der Waals surface area contributed by atoms with Crippen molar-refractivity contribution in [3.05, 3.63) is 83.9 Å². The topological polar surface area (TPSA) is 67.4 Å². The fourth-order valence-electron chi connectivity index (χ4n) is 2.55. The fourth-order valence-corrected chi connectivity index (χ4v) is 2.55. The molecule has 2 amide bonds. The van der Waals surface area contributed by atoms with Gasteiger partial charge < -0.3 is 15.4 Å². The molecule has 3 aromatic rings. The molecule has 0 heterocycles. The molecule has 0 saturated carbocycles. The number of ether oxygens (including phenoxy) is 1. The number of carbonyl (C=O) groups excluding carboxylic acids is 2. The van der Waals surface area contributed by atoms with Gasteiger partial charge in [0.25, 0.3) is 5.91 Å². The highest BCUT2D eigenvalue weighted by Gasteiger charge is 2.11. The molecule has 5 nitrogen and oxygen atoms in total. The fraction of sp³-hybridized carbons (Fsp3) is 0.0909. The summed E-state index contributed by atoms with van der Waals surface area (Å²) in [5.74, 6) is 0.914. The number of nitrogens with one attached hydrogen (secondary N) is 2. The lowest BCUT2D eigenvalue weighted by molar-refractivity contribution is -0.114. The molecule has 0 aliphatic carbocycles. The molecule has 3 rings (SSSR count). The van der Waals surface area contributed by atoms with Gasteiger partial charge in [0, 0.05) is 12.5 Å². The summed E-state index contributed by atoms with van der Waals surface area (Å²) in [6.45, 7) is 3.35. The summed E-state index contributed by atoms with van der Waals surface area (Å²) in [7, 11) is 0. The zero-order valence-electron chi connectivity index (χ0n) is 15.2. The molecule has 0 unspecified atom stereocenters. The first-order valence-corrected chi connectivity index (χ1v) is 8.54. The maximum Gasteiger partial charge on any atom is 0.255 e. The van der Waals surface area contributed by atoms with Crippen molar-refractivity contribution >= 4 is 23.2 Å². The Morgan fingerprint density at radius 1 is 0.778 bits per heavy atom. The zero-order valence-corrected chi connectivity index (χ0v) is 15.2. The van der Waals surface area contributed by atoms with E-state index in [4.69, 9.17) is 4.74 Å². The molecule has 136 valence electrons. The molecule has 2 N–H and O–H groups in total. The van der Waals surface area contributed by atoms with Crippen LogP contribution in [-0.4, -0.2) is 11.8 Å². The standard InChI is InChI=1S/C22H20N2O3/c1-15-8-13-20(23-16(2)25)21(14-15)24-22(26)17-9-11-19(12-10-17)27-18-6-4-3-5-7-18/h3-14H,1-2H3,(H,23,25)(H,24,26). The normalized spacial score (nSPS) is 10.1. The Morgan fingerprint density at radius 2 is 1.44 bits per heavy atom. The number of amides is 2. The van der Waals surface area contributed by atoms with Gasteiger partial charge in [-0.15, -0.1) is 0 Å². The van der Waals surface area contributed by atoms with Crippen molar-refractivity contribution in [3.8, 4) is 11.5 Å². The minimum atomic E-state index is -0.265. The van der Waals surface area contributed by atoms with Gasteiger partial charge >= 0.3 is 0 Å². The molecule has 0 aliphatic rings. The third-order valence-corrected chi connectivity index (χ3v) is 3.83. The second-order valence-corrected chi connectivity index (χ2v) is 6.12. The molecule has 0 aromatic heterocycles. The molecule has 0 saturated heterocycles. The van der Waals surface area contributed by atoms with E-state index in [1.807, 2.05) is 49.4 Å². The van der Waals surface area contributed by atoms with Crippen molar-refractivity contribution in [2.24, 2.45) is 0 Å². The molecule has 0 radical (unpaired) electrons. The summed E-state index contributed by atoms with van der Waals surface area (Å²) in [6, 6.07) is 21.8. The van der Waals surface area contributed by atoms with Crippen LogP contribution < -0.4 is 15.4 Å². The summed E-state index contributed by atoms with van der Waals surface area (Å²) in [4.78, 5) is 23.9. The first kappa shape index (κ1) is 18.2. The molecule has 5 heteroatoms. The molecular formula is C22H20N2O3. The molecular weight excluding hydrogens is 340 g/mol. The SMILES string of the molecule is CC(=O)Nc1ccc(C)cc1NC(=O)c1ccc(Oc2ccccc2)cc1. The quantitative estimate of drug-likeness (QED) is 0.673. The van der Waals surface area contributed by atoms with E-state index in [0.717, 1.165) is 11.3 Å². The predicted octanol–water partition coefficient (Wildman–Crippen LogP) is 5.00. The number of hydrogen-bond donors (Lipinski definition) is 2. The van der Waals surface area contributed by atoms with Gasteiger partial charge in [-0.05, 0) is 61.0 Å². The maximum absolute atomic E-state index is 12.6. The first-order chi connectivity index (χ1) is 13.0. The van der Waals surface area contributed by atoms with Crippen LogP contribution >= 0.6 is 0 Å². The average molecular weight is 360 g/mol. The Hall–Kier alpha value is -3.60. The predicted molar refractivity (Wildman–Crippen MR) is 106 cm³/mol. The Balaban J connectivity index is 1.73. The van der Waals surface area contributed by atoms with Gasteiger partial charge in [-0.3, -0.25) is 9.59 Å². The third-order valence-electron chi connectivity index (χ3n) is 3.83. The first-order valence-electron chi connectivity index (χ1n) is 8.54. The maximum atomic E-state index is 12.6. The van der Waals surface area contributed by atoms with Crippen LogP contribution in [0.15, 0.2) is 72.8 Å². The highest BCUT2D eigenvalue weighted by atomic mass is 16.5. The van der Waals surface area contributed by atoms with Crippen molar-refractivity contribution in [2.75, 3.05) is 10.6 Å². The van der Waals surface area contributed by atoms with Gasteiger partial charge in [-0.1, -0.05) is 24.3 Å². The van der Waals surface area contributed by atoms with Crippen LogP contribution in [0.2, 0.25) is 0 Å². The highest BCUT2D eigenvalue weighted by Crippen LogP contribution is 2.25. The largest absolute Gasteiger partial charge is 0.457 e. The summed E-state index contributed by atoms with van der Waals surface area (Å²) >= 11 is 0. The monoisotopic (exact) mass is 360 g/mol. The molecule has 0 atom stereocenters. The summed E-state index contributed by atoms with van der Waals surface area (Å²) in [6.07, 6.45) is 0. The van der Waals surface area contributed by atoms with Crippen LogP contribution in [0.4, 0.5) is 11.4 Å². The van der Waals surface area contributed by atoms with E-state index in [0.29, 0.717) is 22.7 Å². The van der Waals surface area contributed by atoms with Gasteiger partial charge in [0.1, 0.15) is 11.5 Å². The van der Waals surface area contributed by atoms with Crippen LogP contribution in [0.1, 0.15) is 22.8 Å². The Bertz CT molecular complexity index is 951. The van der Waals surface area contributed by atoms with Crippen LogP contribution in [0, 0.1) is 6.92 Å².